The van der Waals surface area contributed by atoms with Crippen LogP contribution in [0.4, 0.5) is 0 Å². The third kappa shape index (κ3) is 3.25. The van der Waals surface area contributed by atoms with Gasteiger partial charge in [-0.1, -0.05) is 97.1 Å². The van der Waals surface area contributed by atoms with Gasteiger partial charge in [-0.3, -0.25) is 0 Å². The lowest BCUT2D eigenvalue weighted by Crippen LogP contribution is -1.97. The van der Waals surface area contributed by atoms with Crippen LogP contribution in [0.25, 0.3) is 116 Å². The second-order valence-electron chi connectivity index (χ2n) is 13.1. The lowest BCUT2D eigenvalue weighted by molar-refractivity contribution is 0.619. The average Bonchev–Trinajstić information content (AvgIpc) is 3.83. The Morgan fingerprint density at radius 3 is 2.08 bits per heavy atom. The second kappa shape index (κ2) is 9.03. The van der Waals surface area contributed by atoms with Crippen LogP contribution < -0.4 is 0 Å². The monoisotopic (exact) mass is 624 g/mol. The molecule has 0 unspecified atom stereocenters. The lowest BCUT2D eigenvalue weighted by atomic mass is 9.93. The topological polar surface area (TPSA) is 44.1 Å². The SMILES string of the molecule is c1ccc2c(c1)-c1cccc3ccc4c(c13)c1c-2cccc1n4-c1c2ccccc2cc2c1oc1cc(-c3nc4ccccc4o3)ccc12. The van der Waals surface area contributed by atoms with Crippen molar-refractivity contribution in [3.05, 3.63) is 146 Å². The van der Waals surface area contributed by atoms with Crippen molar-refractivity contribution >= 4 is 76.4 Å². The van der Waals surface area contributed by atoms with Crippen molar-refractivity contribution in [2.75, 3.05) is 0 Å². The van der Waals surface area contributed by atoms with Gasteiger partial charge in [-0.2, -0.15) is 0 Å². The molecule has 1 aliphatic rings. The van der Waals surface area contributed by atoms with Crippen LogP contribution in [0.3, 0.4) is 0 Å². The molecule has 0 spiro atoms. The number of fused-ring (bicyclic) bond motifs is 8. The van der Waals surface area contributed by atoms with E-state index in [0.717, 1.165) is 55.2 Å². The molecule has 12 rings (SSSR count). The van der Waals surface area contributed by atoms with E-state index < -0.39 is 0 Å². The summed E-state index contributed by atoms with van der Waals surface area (Å²) < 4.78 is 15.6. The molecule has 8 aromatic carbocycles. The van der Waals surface area contributed by atoms with Gasteiger partial charge in [0.1, 0.15) is 11.1 Å². The van der Waals surface area contributed by atoms with Gasteiger partial charge in [-0.05, 0) is 86.9 Å². The maximum Gasteiger partial charge on any atom is 0.227 e. The zero-order valence-electron chi connectivity index (χ0n) is 26.1. The fourth-order valence-corrected chi connectivity index (χ4v) is 8.47. The molecule has 0 amide bonds. The van der Waals surface area contributed by atoms with Gasteiger partial charge in [0, 0.05) is 32.5 Å². The standard InChI is InChI=1S/C45H24N2O2/c1-2-11-28-26(9-1)23-34-31-21-19-27(45-46-35-16-5-6-18-38(35)49-45)24-39(31)48-44(34)43(28)47-36-17-8-15-33-30-13-4-3-12-29(30)32-14-7-10-25-20-22-37(47)42(40(25)32)41(33)36/h1-24H. The molecule has 3 aromatic heterocycles. The molecule has 0 aliphatic heterocycles. The summed E-state index contributed by atoms with van der Waals surface area (Å²) in [5.41, 5.74) is 12.6. The van der Waals surface area contributed by atoms with Crippen LogP contribution in [0, 0.1) is 0 Å². The molecule has 226 valence electrons. The van der Waals surface area contributed by atoms with Crippen LogP contribution in [0.2, 0.25) is 0 Å². The predicted octanol–water partition coefficient (Wildman–Crippen LogP) is 12.4. The molecule has 0 bridgehead atoms. The van der Waals surface area contributed by atoms with E-state index in [9.17, 15) is 0 Å². The maximum atomic E-state index is 6.97. The molecule has 0 saturated heterocycles. The lowest BCUT2D eigenvalue weighted by Gasteiger charge is -2.15. The van der Waals surface area contributed by atoms with E-state index in [-0.39, 0.29) is 0 Å². The van der Waals surface area contributed by atoms with Gasteiger partial charge in [0.05, 0.1) is 16.7 Å². The average molecular weight is 625 g/mol. The van der Waals surface area contributed by atoms with Crippen molar-refractivity contribution in [1.29, 1.82) is 0 Å². The van der Waals surface area contributed by atoms with E-state index in [0.29, 0.717) is 5.89 Å². The predicted molar refractivity (Wildman–Crippen MR) is 201 cm³/mol. The fraction of sp³-hybridized carbons (Fsp3) is 0. The molecule has 4 nitrogen and oxygen atoms in total. The molecule has 49 heavy (non-hydrogen) atoms. The Morgan fingerprint density at radius 1 is 0.449 bits per heavy atom. The first-order valence-corrected chi connectivity index (χ1v) is 16.6. The van der Waals surface area contributed by atoms with E-state index in [1.165, 1.54) is 54.7 Å². The normalized spacial score (nSPS) is 12.5. The van der Waals surface area contributed by atoms with Gasteiger partial charge in [0.25, 0.3) is 0 Å². The Balaban J connectivity index is 1.24. The highest BCUT2D eigenvalue weighted by Crippen LogP contribution is 2.51. The van der Waals surface area contributed by atoms with E-state index in [1.807, 2.05) is 24.3 Å². The minimum atomic E-state index is 0.585. The molecular weight excluding hydrogens is 601 g/mol. The van der Waals surface area contributed by atoms with E-state index >= 15 is 0 Å². The Morgan fingerprint density at radius 2 is 1.18 bits per heavy atom. The van der Waals surface area contributed by atoms with Crippen molar-refractivity contribution in [2.24, 2.45) is 0 Å². The van der Waals surface area contributed by atoms with Crippen molar-refractivity contribution < 1.29 is 8.83 Å². The smallest absolute Gasteiger partial charge is 0.227 e. The highest BCUT2D eigenvalue weighted by atomic mass is 16.3. The van der Waals surface area contributed by atoms with Crippen molar-refractivity contribution in [3.8, 4) is 39.4 Å². The first kappa shape index (κ1) is 25.4. The number of oxazole rings is 1. The van der Waals surface area contributed by atoms with E-state index in [4.69, 9.17) is 13.8 Å². The van der Waals surface area contributed by atoms with Gasteiger partial charge in [0.2, 0.25) is 5.89 Å². The highest BCUT2D eigenvalue weighted by Gasteiger charge is 2.27. The van der Waals surface area contributed by atoms with Gasteiger partial charge < -0.3 is 13.4 Å². The summed E-state index contributed by atoms with van der Waals surface area (Å²) in [7, 11) is 0. The summed E-state index contributed by atoms with van der Waals surface area (Å²) in [6.45, 7) is 0. The Labute approximate surface area is 279 Å². The van der Waals surface area contributed by atoms with Gasteiger partial charge in [0.15, 0.2) is 11.2 Å². The Hall–Kier alpha value is -6.65. The van der Waals surface area contributed by atoms with E-state index in [1.54, 1.807) is 0 Å². The number of benzene rings is 8. The van der Waals surface area contributed by atoms with Gasteiger partial charge in [-0.15, -0.1) is 0 Å². The zero-order chi connectivity index (χ0) is 31.8. The molecule has 0 N–H and O–H groups in total. The van der Waals surface area contributed by atoms with Gasteiger partial charge in [-0.25, -0.2) is 4.98 Å². The molecule has 4 heteroatoms. The van der Waals surface area contributed by atoms with Crippen LogP contribution in [-0.2, 0) is 0 Å². The molecule has 0 radical (unpaired) electrons. The number of hydrogen-bond donors (Lipinski definition) is 0. The van der Waals surface area contributed by atoms with Crippen LogP contribution in [0.1, 0.15) is 0 Å². The maximum absolute atomic E-state index is 6.97. The largest absolute Gasteiger partial charge is 0.454 e. The number of hydrogen-bond acceptors (Lipinski definition) is 3. The van der Waals surface area contributed by atoms with Crippen molar-refractivity contribution in [3.63, 3.8) is 0 Å². The second-order valence-corrected chi connectivity index (χ2v) is 13.1. The number of nitrogens with zero attached hydrogens (tertiary/aromatic N) is 2. The fourth-order valence-electron chi connectivity index (χ4n) is 8.47. The van der Waals surface area contributed by atoms with Crippen LogP contribution in [0.15, 0.2) is 154 Å². The minimum absolute atomic E-state index is 0.585. The molecule has 0 fully saturated rings. The molecule has 3 heterocycles. The molecule has 1 aliphatic carbocycles. The number of para-hydroxylation sites is 2. The summed E-state index contributed by atoms with van der Waals surface area (Å²) in [4.78, 5) is 4.76. The first-order valence-electron chi connectivity index (χ1n) is 16.6. The number of furan rings is 1. The first-order chi connectivity index (χ1) is 24.3. The summed E-state index contributed by atoms with van der Waals surface area (Å²) in [5.74, 6) is 0.585. The Bertz CT molecular complexity index is 3200. The molecule has 0 atom stereocenters. The van der Waals surface area contributed by atoms with Crippen molar-refractivity contribution in [1.82, 2.24) is 9.55 Å². The highest BCUT2D eigenvalue weighted by molar-refractivity contribution is 6.31. The number of rotatable bonds is 2. The van der Waals surface area contributed by atoms with E-state index in [2.05, 4.69) is 126 Å². The molecule has 0 saturated carbocycles. The summed E-state index contributed by atoms with van der Waals surface area (Å²) in [5, 5.41) is 9.55. The quantitative estimate of drug-likeness (QED) is 0.192. The summed E-state index contributed by atoms with van der Waals surface area (Å²) >= 11 is 0. The van der Waals surface area contributed by atoms with Gasteiger partial charge >= 0.3 is 0 Å². The van der Waals surface area contributed by atoms with Crippen LogP contribution in [0.5, 0.6) is 0 Å². The number of aromatic nitrogens is 2. The van der Waals surface area contributed by atoms with Crippen molar-refractivity contribution in [2.45, 2.75) is 0 Å². The molecular formula is C45H24N2O2. The summed E-state index contributed by atoms with van der Waals surface area (Å²) in [6.07, 6.45) is 0. The van der Waals surface area contributed by atoms with Crippen LogP contribution in [-0.4, -0.2) is 9.55 Å². The molecule has 11 aromatic rings. The third-order valence-corrected chi connectivity index (χ3v) is 10.5. The zero-order valence-corrected chi connectivity index (χ0v) is 26.1. The Kier molecular flexibility index (Phi) is 4.69. The third-order valence-electron chi connectivity index (χ3n) is 10.5. The summed E-state index contributed by atoms with van der Waals surface area (Å²) in [6, 6.07) is 51.9. The van der Waals surface area contributed by atoms with Crippen LogP contribution >= 0.6 is 0 Å². The minimum Gasteiger partial charge on any atom is -0.454 e.